The zero-order chi connectivity index (χ0) is 19.6. The lowest BCUT2D eigenvalue weighted by atomic mass is 10.1. The smallest absolute Gasteiger partial charge is 0.340 e. The molecule has 0 unspecified atom stereocenters. The van der Waals surface area contributed by atoms with Crippen LogP contribution in [0.4, 0.5) is 23.1 Å². The molecule has 27 heavy (non-hydrogen) atoms. The fourth-order valence-corrected chi connectivity index (χ4v) is 3.19. The number of nitrogens with zero attached hydrogens (tertiary/aromatic N) is 4. The van der Waals surface area contributed by atoms with Crippen LogP contribution < -0.4 is 15.4 Å². The molecule has 0 atom stereocenters. The number of ether oxygens (including phenoxy) is 1. The Balaban J connectivity index is 2.13. The van der Waals surface area contributed by atoms with Gasteiger partial charge in [0, 0.05) is 25.9 Å². The fraction of sp³-hybridized carbons (Fsp3) is 0.421. The van der Waals surface area contributed by atoms with Gasteiger partial charge < -0.3 is 23.9 Å². The SMILES string of the molecule is CCOC(=O)c1cc(=O)oc2c1N(C)c1ncccc1N2CCCN(C)C. The molecule has 3 heterocycles. The van der Waals surface area contributed by atoms with Crippen LogP contribution in [0, 0.1) is 0 Å². The van der Waals surface area contributed by atoms with Gasteiger partial charge in [0.2, 0.25) is 5.88 Å². The summed E-state index contributed by atoms with van der Waals surface area (Å²) in [6.07, 6.45) is 2.54. The molecule has 0 aliphatic carbocycles. The normalized spacial score (nSPS) is 12.8. The Morgan fingerprint density at radius 2 is 2.15 bits per heavy atom. The van der Waals surface area contributed by atoms with Crippen molar-refractivity contribution in [2.24, 2.45) is 0 Å². The van der Waals surface area contributed by atoms with Gasteiger partial charge >= 0.3 is 11.6 Å². The number of fused-ring (bicyclic) bond motifs is 2. The lowest BCUT2D eigenvalue weighted by Crippen LogP contribution is -2.32. The van der Waals surface area contributed by atoms with Crippen LogP contribution in [-0.4, -0.2) is 56.7 Å². The molecule has 1 aliphatic rings. The Morgan fingerprint density at radius 3 is 2.85 bits per heavy atom. The first-order valence-corrected chi connectivity index (χ1v) is 8.90. The highest BCUT2D eigenvalue weighted by Gasteiger charge is 2.34. The molecule has 1 aliphatic heterocycles. The second-order valence-electron chi connectivity index (χ2n) is 6.57. The maximum Gasteiger partial charge on any atom is 0.340 e. The topological polar surface area (TPSA) is 79.1 Å². The molecule has 0 bridgehead atoms. The van der Waals surface area contributed by atoms with Crippen LogP contribution in [0.5, 0.6) is 0 Å². The molecule has 0 aromatic carbocycles. The molecule has 8 heteroatoms. The minimum Gasteiger partial charge on any atom is -0.462 e. The molecular weight excluding hydrogens is 348 g/mol. The first-order chi connectivity index (χ1) is 12.9. The zero-order valence-electron chi connectivity index (χ0n) is 16.1. The Labute approximate surface area is 158 Å². The highest BCUT2D eigenvalue weighted by molar-refractivity contribution is 6.02. The molecule has 144 valence electrons. The third-order valence-corrected chi connectivity index (χ3v) is 4.35. The summed E-state index contributed by atoms with van der Waals surface area (Å²) < 4.78 is 10.7. The van der Waals surface area contributed by atoms with Crippen LogP contribution in [0.1, 0.15) is 23.7 Å². The molecule has 0 fully saturated rings. The molecule has 3 rings (SSSR count). The average molecular weight is 372 g/mol. The number of hydrogen-bond acceptors (Lipinski definition) is 8. The predicted molar refractivity (Wildman–Crippen MR) is 103 cm³/mol. The Hall–Kier alpha value is -2.87. The van der Waals surface area contributed by atoms with Crippen LogP contribution in [-0.2, 0) is 4.74 Å². The van der Waals surface area contributed by atoms with Crippen LogP contribution in [0.15, 0.2) is 33.6 Å². The number of carbonyl (C=O) groups is 1. The third-order valence-electron chi connectivity index (χ3n) is 4.35. The van der Waals surface area contributed by atoms with Crippen molar-refractivity contribution in [2.75, 3.05) is 50.6 Å². The van der Waals surface area contributed by atoms with Crippen LogP contribution in [0.2, 0.25) is 0 Å². The molecule has 2 aromatic heterocycles. The molecule has 0 spiro atoms. The second kappa shape index (κ2) is 7.79. The van der Waals surface area contributed by atoms with Crippen molar-refractivity contribution >= 4 is 29.0 Å². The lowest BCUT2D eigenvalue weighted by Gasteiger charge is -2.36. The van der Waals surface area contributed by atoms with E-state index in [9.17, 15) is 9.59 Å². The molecule has 0 radical (unpaired) electrons. The molecule has 8 nitrogen and oxygen atoms in total. The van der Waals surface area contributed by atoms with E-state index in [0.717, 1.165) is 18.7 Å². The van der Waals surface area contributed by atoms with Crippen LogP contribution in [0.25, 0.3) is 0 Å². The summed E-state index contributed by atoms with van der Waals surface area (Å²) in [5.41, 5.74) is 0.911. The number of carbonyl (C=O) groups excluding carboxylic acids is 1. The monoisotopic (exact) mass is 372 g/mol. The van der Waals surface area contributed by atoms with Crippen molar-refractivity contribution in [2.45, 2.75) is 13.3 Å². The van der Waals surface area contributed by atoms with Gasteiger partial charge in [-0.15, -0.1) is 0 Å². The Morgan fingerprint density at radius 1 is 1.37 bits per heavy atom. The van der Waals surface area contributed by atoms with E-state index < -0.39 is 11.6 Å². The van der Waals surface area contributed by atoms with Gasteiger partial charge in [-0.05, 0) is 46.1 Å². The summed E-state index contributed by atoms with van der Waals surface area (Å²) >= 11 is 0. The fourth-order valence-electron chi connectivity index (χ4n) is 3.19. The molecular formula is C19H24N4O4. The number of rotatable bonds is 6. The summed E-state index contributed by atoms with van der Waals surface area (Å²) in [6, 6.07) is 4.94. The van der Waals surface area contributed by atoms with Crippen molar-refractivity contribution in [3.8, 4) is 0 Å². The zero-order valence-corrected chi connectivity index (χ0v) is 16.1. The molecule has 0 saturated heterocycles. The van der Waals surface area contributed by atoms with E-state index in [1.54, 1.807) is 25.1 Å². The first-order valence-electron chi connectivity index (χ1n) is 8.90. The lowest BCUT2D eigenvalue weighted by molar-refractivity contribution is 0.0526. The summed E-state index contributed by atoms with van der Waals surface area (Å²) in [6.45, 7) is 3.44. The van der Waals surface area contributed by atoms with Gasteiger partial charge in [0.05, 0.1) is 17.9 Å². The van der Waals surface area contributed by atoms with E-state index >= 15 is 0 Å². The highest BCUT2D eigenvalue weighted by atomic mass is 16.5. The van der Waals surface area contributed by atoms with Crippen molar-refractivity contribution in [3.63, 3.8) is 0 Å². The van der Waals surface area contributed by atoms with E-state index in [0.29, 0.717) is 23.9 Å². The van der Waals surface area contributed by atoms with Gasteiger partial charge in [0.25, 0.3) is 0 Å². The maximum absolute atomic E-state index is 12.5. The molecule has 0 saturated carbocycles. The van der Waals surface area contributed by atoms with Crippen molar-refractivity contribution in [1.29, 1.82) is 0 Å². The summed E-state index contributed by atoms with van der Waals surface area (Å²) in [4.78, 5) is 34.9. The van der Waals surface area contributed by atoms with Crippen LogP contribution in [0.3, 0.4) is 0 Å². The minimum absolute atomic E-state index is 0.180. The van der Waals surface area contributed by atoms with Gasteiger partial charge in [-0.25, -0.2) is 14.6 Å². The number of aromatic nitrogens is 1. The Kier molecular flexibility index (Phi) is 5.46. The van der Waals surface area contributed by atoms with Crippen molar-refractivity contribution < 1.29 is 13.9 Å². The van der Waals surface area contributed by atoms with Gasteiger partial charge in [-0.1, -0.05) is 0 Å². The van der Waals surface area contributed by atoms with Gasteiger partial charge in [0.1, 0.15) is 5.69 Å². The minimum atomic E-state index is -0.588. The van der Waals surface area contributed by atoms with Gasteiger partial charge in [-0.2, -0.15) is 0 Å². The van der Waals surface area contributed by atoms with E-state index in [4.69, 9.17) is 9.15 Å². The second-order valence-corrected chi connectivity index (χ2v) is 6.57. The summed E-state index contributed by atoms with van der Waals surface area (Å²) in [5.74, 6) is 0.475. The van der Waals surface area contributed by atoms with E-state index in [1.807, 2.05) is 31.1 Å². The van der Waals surface area contributed by atoms with Crippen molar-refractivity contribution in [1.82, 2.24) is 9.88 Å². The molecule has 0 N–H and O–H groups in total. The quantitative estimate of drug-likeness (QED) is 0.715. The average Bonchev–Trinajstić information content (AvgIpc) is 2.63. The van der Waals surface area contributed by atoms with Crippen molar-refractivity contribution in [3.05, 3.63) is 40.4 Å². The highest BCUT2D eigenvalue weighted by Crippen LogP contribution is 2.46. The van der Waals surface area contributed by atoms with E-state index in [1.165, 1.54) is 6.07 Å². The first kappa shape index (κ1) is 18.9. The summed E-state index contributed by atoms with van der Waals surface area (Å²) in [7, 11) is 5.81. The maximum atomic E-state index is 12.5. The largest absolute Gasteiger partial charge is 0.462 e. The Bertz CT molecular complexity index is 894. The van der Waals surface area contributed by atoms with E-state index in [2.05, 4.69) is 9.88 Å². The number of pyridine rings is 1. The van der Waals surface area contributed by atoms with E-state index in [-0.39, 0.29) is 12.2 Å². The number of anilines is 4. The number of esters is 1. The molecule has 0 amide bonds. The van der Waals surface area contributed by atoms with Crippen LogP contribution >= 0.6 is 0 Å². The molecule has 2 aromatic rings. The summed E-state index contributed by atoms with van der Waals surface area (Å²) in [5, 5.41) is 0. The predicted octanol–water partition coefficient (Wildman–Crippen LogP) is 2.38. The standard InChI is InChI=1S/C19H24N4O4/c1-5-26-19(25)13-12-15(24)27-18-16(13)22(4)17-14(8-6-9-20-17)23(18)11-7-10-21(2)3/h6,8-9,12H,5,7,10-11H2,1-4H3. The third kappa shape index (κ3) is 3.66. The van der Waals surface area contributed by atoms with Gasteiger partial charge in [-0.3, -0.25) is 0 Å². The van der Waals surface area contributed by atoms with Gasteiger partial charge in [0.15, 0.2) is 5.82 Å². The number of hydrogen-bond donors (Lipinski definition) is 0.